The van der Waals surface area contributed by atoms with Crippen molar-refractivity contribution < 1.29 is 23.8 Å². The summed E-state index contributed by atoms with van der Waals surface area (Å²) in [5.74, 6) is 0.802. The highest BCUT2D eigenvalue weighted by Gasteiger charge is 2.19. The summed E-state index contributed by atoms with van der Waals surface area (Å²) in [4.78, 5) is 24.3. The number of rotatable bonds is 8. The van der Waals surface area contributed by atoms with Crippen molar-refractivity contribution >= 4 is 11.8 Å². The zero-order valence-electron chi connectivity index (χ0n) is 14.7. The largest absolute Gasteiger partial charge is 0.497 e. The number of methoxy groups -OCH3 is 2. The molecule has 2 aromatic rings. The summed E-state index contributed by atoms with van der Waals surface area (Å²) in [6.45, 7) is 1.58. The number of ether oxygens (including phenoxy) is 3. The second-order valence-electron chi connectivity index (χ2n) is 5.57. The van der Waals surface area contributed by atoms with Crippen molar-refractivity contribution in [3.05, 3.63) is 59.7 Å². The minimum atomic E-state index is -0.822. The van der Waals surface area contributed by atoms with Crippen LogP contribution in [0, 0.1) is 0 Å². The molecule has 1 atom stereocenters. The average Bonchev–Trinajstić information content (AvgIpc) is 2.66. The van der Waals surface area contributed by atoms with Gasteiger partial charge in [-0.2, -0.15) is 0 Å². The van der Waals surface area contributed by atoms with Crippen LogP contribution in [-0.2, 0) is 16.0 Å². The van der Waals surface area contributed by atoms with Crippen LogP contribution in [0.5, 0.6) is 11.5 Å². The standard InChI is InChI=1S/C20H22O5/c1-14(20(22)16-7-11-18(24-3)12-8-16)25-19(21)13-6-15-4-9-17(23-2)10-5-15/h4-5,7-12,14H,6,13H2,1-3H3/t14-/m0/s1. The highest BCUT2D eigenvalue weighted by molar-refractivity contribution is 6.00. The number of benzene rings is 2. The van der Waals surface area contributed by atoms with Crippen molar-refractivity contribution in [2.45, 2.75) is 25.9 Å². The van der Waals surface area contributed by atoms with E-state index in [1.165, 1.54) is 0 Å². The van der Waals surface area contributed by atoms with Crippen molar-refractivity contribution in [2.75, 3.05) is 14.2 Å². The minimum Gasteiger partial charge on any atom is -0.497 e. The van der Waals surface area contributed by atoms with Crippen molar-refractivity contribution in [3.63, 3.8) is 0 Å². The van der Waals surface area contributed by atoms with Crippen molar-refractivity contribution in [3.8, 4) is 11.5 Å². The highest BCUT2D eigenvalue weighted by atomic mass is 16.5. The summed E-state index contributed by atoms with van der Waals surface area (Å²) >= 11 is 0. The minimum absolute atomic E-state index is 0.215. The maximum atomic E-state index is 12.3. The first-order valence-electron chi connectivity index (χ1n) is 8.04. The van der Waals surface area contributed by atoms with E-state index in [4.69, 9.17) is 14.2 Å². The summed E-state index contributed by atoms with van der Waals surface area (Å²) < 4.78 is 15.4. The molecule has 0 bridgehead atoms. The molecule has 2 aromatic carbocycles. The molecule has 0 aliphatic carbocycles. The van der Waals surface area contributed by atoms with Gasteiger partial charge < -0.3 is 14.2 Å². The summed E-state index contributed by atoms with van der Waals surface area (Å²) in [6.07, 6.45) is -0.0597. The number of aryl methyl sites for hydroxylation is 1. The van der Waals surface area contributed by atoms with E-state index in [9.17, 15) is 9.59 Å². The molecule has 25 heavy (non-hydrogen) atoms. The number of esters is 1. The highest BCUT2D eigenvalue weighted by Crippen LogP contribution is 2.15. The van der Waals surface area contributed by atoms with Crippen LogP contribution in [0.25, 0.3) is 0 Å². The molecule has 0 fully saturated rings. The lowest BCUT2D eigenvalue weighted by atomic mass is 10.1. The number of hydrogen-bond acceptors (Lipinski definition) is 5. The Morgan fingerprint density at radius 1 is 0.880 bits per heavy atom. The lowest BCUT2D eigenvalue weighted by molar-refractivity contribution is -0.146. The normalized spacial score (nSPS) is 11.5. The number of carbonyl (C=O) groups excluding carboxylic acids is 2. The molecular formula is C20H22O5. The van der Waals surface area contributed by atoms with Gasteiger partial charge in [0.25, 0.3) is 0 Å². The molecule has 0 unspecified atom stereocenters. The Balaban J connectivity index is 1.84. The molecule has 5 heteroatoms. The Morgan fingerprint density at radius 3 is 1.92 bits per heavy atom. The van der Waals surface area contributed by atoms with Gasteiger partial charge in [-0.3, -0.25) is 9.59 Å². The lowest BCUT2D eigenvalue weighted by Crippen LogP contribution is -2.24. The van der Waals surface area contributed by atoms with Crippen LogP contribution in [0.3, 0.4) is 0 Å². The van der Waals surface area contributed by atoms with E-state index in [1.807, 2.05) is 24.3 Å². The van der Waals surface area contributed by atoms with Gasteiger partial charge in [0.1, 0.15) is 11.5 Å². The van der Waals surface area contributed by atoms with E-state index in [2.05, 4.69) is 0 Å². The Hall–Kier alpha value is -2.82. The molecule has 0 aromatic heterocycles. The van der Waals surface area contributed by atoms with Gasteiger partial charge in [0.15, 0.2) is 6.10 Å². The quantitative estimate of drug-likeness (QED) is 0.543. The fraction of sp³-hybridized carbons (Fsp3) is 0.300. The second kappa shape index (κ2) is 8.87. The zero-order valence-corrected chi connectivity index (χ0v) is 14.7. The van der Waals surface area contributed by atoms with Gasteiger partial charge in [-0.15, -0.1) is 0 Å². The second-order valence-corrected chi connectivity index (χ2v) is 5.57. The van der Waals surface area contributed by atoms with Gasteiger partial charge in [0.05, 0.1) is 14.2 Å². The summed E-state index contributed by atoms with van der Waals surface area (Å²) in [5.41, 5.74) is 1.49. The van der Waals surface area contributed by atoms with Gasteiger partial charge in [-0.1, -0.05) is 12.1 Å². The molecule has 0 spiro atoms. The number of carbonyl (C=O) groups is 2. The van der Waals surface area contributed by atoms with Gasteiger partial charge in [-0.05, 0) is 55.3 Å². The van der Waals surface area contributed by atoms with Crippen LogP contribution < -0.4 is 9.47 Å². The molecule has 0 aliphatic rings. The molecule has 0 saturated carbocycles. The van der Waals surface area contributed by atoms with Crippen LogP contribution in [0.1, 0.15) is 29.3 Å². The van der Waals surface area contributed by atoms with E-state index in [0.29, 0.717) is 17.7 Å². The van der Waals surface area contributed by atoms with Crippen LogP contribution >= 0.6 is 0 Å². The van der Waals surface area contributed by atoms with Gasteiger partial charge in [-0.25, -0.2) is 0 Å². The van der Waals surface area contributed by atoms with Gasteiger partial charge in [0.2, 0.25) is 5.78 Å². The Morgan fingerprint density at radius 2 is 1.40 bits per heavy atom. The molecule has 132 valence electrons. The van der Waals surface area contributed by atoms with E-state index in [-0.39, 0.29) is 12.2 Å². The number of Topliss-reactive ketones (excluding diaryl/α,β-unsaturated/α-hetero) is 1. The third kappa shape index (κ3) is 5.35. The first-order chi connectivity index (χ1) is 12.0. The maximum Gasteiger partial charge on any atom is 0.306 e. The SMILES string of the molecule is COc1ccc(CCC(=O)O[C@@H](C)C(=O)c2ccc(OC)cc2)cc1. The molecule has 0 aliphatic heterocycles. The molecule has 5 nitrogen and oxygen atoms in total. The predicted octanol–water partition coefficient (Wildman–Crippen LogP) is 3.45. The molecule has 0 heterocycles. The van der Waals surface area contributed by atoms with Gasteiger partial charge >= 0.3 is 5.97 Å². The van der Waals surface area contributed by atoms with Crippen molar-refractivity contribution in [1.82, 2.24) is 0 Å². The number of ketones is 1. The molecule has 0 saturated heterocycles. The Kier molecular flexibility index (Phi) is 6.57. The van der Waals surface area contributed by atoms with Crippen LogP contribution in [0.2, 0.25) is 0 Å². The zero-order chi connectivity index (χ0) is 18.2. The van der Waals surface area contributed by atoms with E-state index in [1.54, 1.807) is 45.4 Å². The fourth-order valence-corrected chi connectivity index (χ4v) is 2.34. The van der Waals surface area contributed by atoms with E-state index < -0.39 is 12.1 Å². The molecule has 0 N–H and O–H groups in total. The third-order valence-corrected chi connectivity index (χ3v) is 3.83. The van der Waals surface area contributed by atoms with E-state index in [0.717, 1.165) is 11.3 Å². The molecule has 0 amide bonds. The predicted molar refractivity (Wildman–Crippen MR) is 94.2 cm³/mol. The first-order valence-corrected chi connectivity index (χ1v) is 8.04. The summed E-state index contributed by atoms with van der Waals surface area (Å²) in [5, 5.41) is 0. The number of hydrogen-bond donors (Lipinski definition) is 0. The molecule has 2 rings (SSSR count). The fourth-order valence-electron chi connectivity index (χ4n) is 2.34. The van der Waals surface area contributed by atoms with Crippen LogP contribution in [-0.4, -0.2) is 32.1 Å². The van der Waals surface area contributed by atoms with Crippen LogP contribution in [0.15, 0.2) is 48.5 Å². The van der Waals surface area contributed by atoms with E-state index >= 15 is 0 Å². The lowest BCUT2D eigenvalue weighted by Gasteiger charge is -2.13. The van der Waals surface area contributed by atoms with Gasteiger partial charge in [0, 0.05) is 12.0 Å². The Bertz CT molecular complexity index is 704. The first kappa shape index (κ1) is 18.5. The Labute approximate surface area is 147 Å². The monoisotopic (exact) mass is 342 g/mol. The maximum absolute atomic E-state index is 12.3. The average molecular weight is 342 g/mol. The topological polar surface area (TPSA) is 61.8 Å². The van der Waals surface area contributed by atoms with Crippen molar-refractivity contribution in [2.24, 2.45) is 0 Å². The van der Waals surface area contributed by atoms with Crippen LogP contribution in [0.4, 0.5) is 0 Å². The summed E-state index contributed by atoms with van der Waals surface area (Å²) in [7, 11) is 3.16. The molecule has 0 radical (unpaired) electrons. The smallest absolute Gasteiger partial charge is 0.306 e. The molecular weight excluding hydrogens is 320 g/mol. The summed E-state index contributed by atoms with van der Waals surface area (Å²) in [6, 6.07) is 14.2. The van der Waals surface area contributed by atoms with Crippen molar-refractivity contribution in [1.29, 1.82) is 0 Å². The third-order valence-electron chi connectivity index (χ3n) is 3.83.